The Labute approximate surface area is 226 Å². The number of ether oxygens (including phenoxy) is 1. The van der Waals surface area contributed by atoms with E-state index in [1.165, 1.54) is 0 Å². The highest BCUT2D eigenvalue weighted by Crippen LogP contribution is 2.27. The molecule has 5 aromatic rings. The first-order valence-corrected chi connectivity index (χ1v) is 12.6. The van der Waals surface area contributed by atoms with Gasteiger partial charge in [-0.25, -0.2) is 4.68 Å². The van der Waals surface area contributed by atoms with Gasteiger partial charge in [0, 0.05) is 12.2 Å². The number of nitrogens with zero attached hydrogens (tertiary/aromatic N) is 4. The summed E-state index contributed by atoms with van der Waals surface area (Å²) in [5.74, 6) is 0.101. The summed E-state index contributed by atoms with van der Waals surface area (Å²) >= 11 is 0. The van der Waals surface area contributed by atoms with Crippen LogP contribution in [-0.4, -0.2) is 38.8 Å². The molecule has 2 amide bonds. The number of para-hydroxylation sites is 1. The summed E-state index contributed by atoms with van der Waals surface area (Å²) in [6.07, 6.45) is 0. The normalized spacial score (nSPS) is 11.6. The molecule has 196 valence electrons. The van der Waals surface area contributed by atoms with Crippen molar-refractivity contribution in [1.29, 1.82) is 0 Å². The van der Waals surface area contributed by atoms with Crippen molar-refractivity contribution in [2.75, 3.05) is 12.4 Å². The molecule has 0 aliphatic carbocycles. The van der Waals surface area contributed by atoms with E-state index in [1.54, 1.807) is 41.0 Å². The SMILES string of the molecule is COc1ccc(NC(=O)C(c2ccccc2)N(Cc2ccc(C)cc2)C(=O)Cn2nnc3ccccc32)cc1. The van der Waals surface area contributed by atoms with Gasteiger partial charge in [-0.3, -0.25) is 9.59 Å². The summed E-state index contributed by atoms with van der Waals surface area (Å²) in [6.45, 7) is 2.18. The monoisotopic (exact) mass is 519 g/mol. The number of amides is 2. The van der Waals surface area contributed by atoms with Crippen LogP contribution in [0.2, 0.25) is 0 Å². The number of carbonyl (C=O) groups excluding carboxylic acids is 2. The highest BCUT2D eigenvalue weighted by Gasteiger charge is 2.32. The molecular formula is C31H29N5O3. The number of anilines is 1. The van der Waals surface area contributed by atoms with Crippen LogP contribution in [0, 0.1) is 6.92 Å². The minimum Gasteiger partial charge on any atom is -0.497 e. The molecule has 1 N–H and O–H groups in total. The Kier molecular flexibility index (Phi) is 7.63. The lowest BCUT2D eigenvalue weighted by Gasteiger charge is -2.31. The number of benzene rings is 4. The number of rotatable bonds is 9. The third kappa shape index (κ3) is 5.96. The lowest BCUT2D eigenvalue weighted by atomic mass is 10.0. The van der Waals surface area contributed by atoms with E-state index in [4.69, 9.17) is 4.74 Å². The van der Waals surface area contributed by atoms with Crippen LogP contribution in [0.15, 0.2) is 103 Å². The van der Waals surface area contributed by atoms with Gasteiger partial charge in [0.15, 0.2) is 0 Å². The van der Waals surface area contributed by atoms with Crippen molar-refractivity contribution in [3.63, 3.8) is 0 Å². The number of hydrogen-bond acceptors (Lipinski definition) is 5. The zero-order valence-corrected chi connectivity index (χ0v) is 21.8. The Morgan fingerprint density at radius 3 is 2.31 bits per heavy atom. The van der Waals surface area contributed by atoms with E-state index in [0.717, 1.165) is 16.6 Å². The predicted octanol–water partition coefficient (Wildman–Crippen LogP) is 5.16. The lowest BCUT2D eigenvalue weighted by molar-refractivity contribution is -0.140. The van der Waals surface area contributed by atoms with Gasteiger partial charge in [-0.15, -0.1) is 5.10 Å². The molecule has 1 heterocycles. The van der Waals surface area contributed by atoms with E-state index >= 15 is 0 Å². The zero-order chi connectivity index (χ0) is 27.2. The number of hydrogen-bond donors (Lipinski definition) is 1. The van der Waals surface area contributed by atoms with Gasteiger partial charge in [0.05, 0.1) is 12.6 Å². The summed E-state index contributed by atoms with van der Waals surface area (Å²) in [5.41, 5.74) is 4.78. The highest BCUT2D eigenvalue weighted by molar-refractivity contribution is 5.98. The predicted molar refractivity (Wildman–Crippen MR) is 150 cm³/mol. The van der Waals surface area contributed by atoms with Crippen molar-refractivity contribution in [3.05, 3.63) is 120 Å². The fourth-order valence-corrected chi connectivity index (χ4v) is 4.46. The summed E-state index contributed by atoms with van der Waals surface area (Å²) in [6, 6.07) is 31.0. The van der Waals surface area contributed by atoms with E-state index in [-0.39, 0.29) is 24.9 Å². The van der Waals surface area contributed by atoms with Crippen molar-refractivity contribution in [3.8, 4) is 5.75 Å². The summed E-state index contributed by atoms with van der Waals surface area (Å²) in [4.78, 5) is 29.5. The van der Waals surface area contributed by atoms with E-state index in [0.29, 0.717) is 22.5 Å². The van der Waals surface area contributed by atoms with Crippen LogP contribution < -0.4 is 10.1 Å². The Balaban J connectivity index is 1.52. The Morgan fingerprint density at radius 2 is 1.59 bits per heavy atom. The first kappa shape index (κ1) is 25.7. The first-order chi connectivity index (χ1) is 19.0. The van der Waals surface area contributed by atoms with Crippen LogP contribution in [0.5, 0.6) is 5.75 Å². The fraction of sp³-hybridized carbons (Fsp3) is 0.161. The maximum atomic E-state index is 14.0. The quantitative estimate of drug-likeness (QED) is 0.291. The smallest absolute Gasteiger partial charge is 0.251 e. The number of aryl methyl sites for hydroxylation is 1. The largest absolute Gasteiger partial charge is 0.497 e. The first-order valence-electron chi connectivity index (χ1n) is 12.6. The number of fused-ring (bicyclic) bond motifs is 1. The highest BCUT2D eigenvalue weighted by atomic mass is 16.5. The third-order valence-corrected chi connectivity index (χ3v) is 6.53. The molecule has 8 nitrogen and oxygen atoms in total. The van der Waals surface area contributed by atoms with Gasteiger partial charge in [-0.05, 0) is 54.4 Å². The van der Waals surface area contributed by atoms with Gasteiger partial charge >= 0.3 is 0 Å². The molecule has 39 heavy (non-hydrogen) atoms. The van der Waals surface area contributed by atoms with Gasteiger partial charge in [-0.1, -0.05) is 77.5 Å². The lowest BCUT2D eigenvalue weighted by Crippen LogP contribution is -2.42. The van der Waals surface area contributed by atoms with Gasteiger partial charge in [0.2, 0.25) is 5.91 Å². The minimum atomic E-state index is -0.892. The topological polar surface area (TPSA) is 89.4 Å². The molecule has 0 bridgehead atoms. The van der Waals surface area contributed by atoms with E-state index in [2.05, 4.69) is 15.6 Å². The molecule has 4 aromatic carbocycles. The number of carbonyl (C=O) groups is 2. The minimum absolute atomic E-state index is 0.0640. The summed E-state index contributed by atoms with van der Waals surface area (Å²) in [5, 5.41) is 11.4. The van der Waals surface area contributed by atoms with Crippen molar-refractivity contribution >= 4 is 28.5 Å². The number of methoxy groups -OCH3 is 1. The molecule has 0 radical (unpaired) electrons. The molecule has 0 saturated heterocycles. The fourth-order valence-electron chi connectivity index (χ4n) is 4.46. The van der Waals surface area contributed by atoms with Crippen LogP contribution in [0.1, 0.15) is 22.7 Å². The Hall–Kier alpha value is -4.98. The second-order valence-electron chi connectivity index (χ2n) is 9.27. The van der Waals surface area contributed by atoms with Gasteiger partial charge in [-0.2, -0.15) is 0 Å². The number of aromatic nitrogens is 3. The van der Waals surface area contributed by atoms with Crippen molar-refractivity contribution in [2.45, 2.75) is 26.1 Å². The van der Waals surface area contributed by atoms with E-state index in [1.807, 2.05) is 85.8 Å². The third-order valence-electron chi connectivity index (χ3n) is 6.53. The van der Waals surface area contributed by atoms with Gasteiger partial charge in [0.1, 0.15) is 23.9 Å². The van der Waals surface area contributed by atoms with Crippen molar-refractivity contribution in [1.82, 2.24) is 19.9 Å². The van der Waals surface area contributed by atoms with E-state index < -0.39 is 6.04 Å². The average Bonchev–Trinajstić information content (AvgIpc) is 3.37. The van der Waals surface area contributed by atoms with Gasteiger partial charge < -0.3 is 15.0 Å². The van der Waals surface area contributed by atoms with Crippen molar-refractivity contribution < 1.29 is 14.3 Å². The second kappa shape index (κ2) is 11.6. The van der Waals surface area contributed by atoms with E-state index in [9.17, 15) is 9.59 Å². The molecule has 0 aliphatic heterocycles. The maximum absolute atomic E-state index is 14.0. The van der Waals surface area contributed by atoms with Crippen LogP contribution >= 0.6 is 0 Å². The molecule has 5 rings (SSSR count). The van der Waals surface area contributed by atoms with Crippen LogP contribution in [0.25, 0.3) is 11.0 Å². The molecule has 8 heteroatoms. The van der Waals surface area contributed by atoms with Crippen molar-refractivity contribution in [2.24, 2.45) is 0 Å². The van der Waals surface area contributed by atoms with Crippen LogP contribution in [-0.2, 0) is 22.7 Å². The average molecular weight is 520 g/mol. The van der Waals surface area contributed by atoms with Crippen LogP contribution in [0.3, 0.4) is 0 Å². The Bertz CT molecular complexity index is 1560. The molecule has 0 fully saturated rings. The zero-order valence-electron chi connectivity index (χ0n) is 21.8. The molecule has 0 spiro atoms. The Morgan fingerprint density at radius 1 is 0.897 bits per heavy atom. The molecule has 1 unspecified atom stereocenters. The molecular weight excluding hydrogens is 490 g/mol. The molecule has 0 aliphatic rings. The van der Waals surface area contributed by atoms with Gasteiger partial charge in [0.25, 0.3) is 5.91 Å². The standard InChI is InChI=1S/C31H29N5O3/c1-22-12-14-23(15-13-22)20-35(29(37)21-36-28-11-7-6-10-27(28)33-34-36)30(24-8-4-3-5-9-24)31(38)32-25-16-18-26(39-2)19-17-25/h3-19,30H,20-21H2,1-2H3,(H,32,38). The second-order valence-corrected chi connectivity index (χ2v) is 9.27. The molecule has 0 saturated carbocycles. The molecule has 1 atom stereocenters. The summed E-state index contributed by atoms with van der Waals surface area (Å²) < 4.78 is 6.81. The number of nitrogens with one attached hydrogen (secondary N) is 1. The molecule has 1 aromatic heterocycles. The maximum Gasteiger partial charge on any atom is 0.251 e. The summed E-state index contributed by atoms with van der Waals surface area (Å²) in [7, 11) is 1.59. The van der Waals surface area contributed by atoms with Crippen LogP contribution in [0.4, 0.5) is 5.69 Å².